The van der Waals surface area contributed by atoms with Crippen LogP contribution in [0.5, 0.6) is 0 Å². The number of amides is 1. The fourth-order valence-electron chi connectivity index (χ4n) is 2.04. The Morgan fingerprint density at radius 1 is 1.17 bits per heavy atom. The minimum Gasteiger partial charge on any atom is -0.352 e. The number of anilines is 1. The Labute approximate surface area is 144 Å². The largest absolute Gasteiger partial charge is 0.352 e. The second-order valence-electron chi connectivity index (χ2n) is 5.20. The molecule has 5 nitrogen and oxygen atoms in total. The zero-order chi connectivity index (χ0) is 17.7. The highest BCUT2D eigenvalue weighted by atomic mass is 35.5. The van der Waals surface area contributed by atoms with Crippen LogP contribution in [0.4, 0.5) is 10.1 Å². The summed E-state index contributed by atoms with van der Waals surface area (Å²) in [6.07, 6.45) is 1.58. The first-order chi connectivity index (χ1) is 11.2. The van der Waals surface area contributed by atoms with E-state index in [1.807, 2.05) is 0 Å². The third kappa shape index (κ3) is 5.50. The topological polar surface area (TPSA) is 75.3 Å². The van der Waals surface area contributed by atoms with Crippen molar-refractivity contribution in [2.75, 3.05) is 17.5 Å². The molecule has 0 aliphatic carbocycles. The summed E-state index contributed by atoms with van der Waals surface area (Å²) in [6, 6.07) is 10.3. The van der Waals surface area contributed by atoms with Crippen LogP contribution >= 0.6 is 11.6 Å². The lowest BCUT2D eigenvalue weighted by molar-refractivity contribution is 0.0954. The minimum atomic E-state index is -3.41. The Balaban J connectivity index is 1.95. The van der Waals surface area contributed by atoms with E-state index in [0.717, 1.165) is 11.8 Å². The van der Waals surface area contributed by atoms with Gasteiger partial charge in [-0.2, -0.15) is 0 Å². The lowest BCUT2D eigenvalue weighted by Gasteiger charge is -2.09. The summed E-state index contributed by atoms with van der Waals surface area (Å²) in [6.45, 7) is 0.365. The molecule has 0 heterocycles. The monoisotopic (exact) mass is 370 g/mol. The van der Waals surface area contributed by atoms with Crippen LogP contribution in [-0.4, -0.2) is 27.1 Å². The van der Waals surface area contributed by atoms with Gasteiger partial charge in [-0.25, -0.2) is 12.8 Å². The average Bonchev–Trinajstić information content (AvgIpc) is 2.47. The van der Waals surface area contributed by atoms with Crippen LogP contribution in [0.3, 0.4) is 0 Å². The number of hydrogen-bond donors (Lipinski definition) is 2. The fraction of sp³-hybridized carbons (Fsp3) is 0.188. The van der Waals surface area contributed by atoms with E-state index >= 15 is 0 Å². The van der Waals surface area contributed by atoms with E-state index in [1.54, 1.807) is 12.1 Å². The molecule has 0 unspecified atom stereocenters. The third-order valence-electron chi connectivity index (χ3n) is 3.13. The second-order valence-corrected chi connectivity index (χ2v) is 7.36. The highest BCUT2D eigenvalue weighted by Crippen LogP contribution is 2.21. The number of benzene rings is 2. The summed E-state index contributed by atoms with van der Waals surface area (Å²) in [5.41, 5.74) is 1.43. The van der Waals surface area contributed by atoms with Gasteiger partial charge in [-0.15, -0.1) is 0 Å². The van der Waals surface area contributed by atoms with Crippen LogP contribution < -0.4 is 10.0 Å². The molecule has 0 spiro atoms. The molecule has 2 aromatic carbocycles. The third-order valence-corrected chi connectivity index (χ3v) is 4.05. The minimum absolute atomic E-state index is 0.142. The first-order valence-electron chi connectivity index (χ1n) is 7.04. The van der Waals surface area contributed by atoms with Crippen molar-refractivity contribution in [3.8, 4) is 0 Å². The predicted octanol–water partition coefficient (Wildman–Crippen LogP) is 2.82. The predicted molar refractivity (Wildman–Crippen MR) is 92.4 cm³/mol. The maximum Gasteiger partial charge on any atom is 0.252 e. The van der Waals surface area contributed by atoms with Gasteiger partial charge >= 0.3 is 0 Å². The van der Waals surface area contributed by atoms with E-state index in [2.05, 4.69) is 10.0 Å². The van der Waals surface area contributed by atoms with E-state index in [-0.39, 0.29) is 28.0 Å². The van der Waals surface area contributed by atoms with Crippen molar-refractivity contribution in [1.82, 2.24) is 5.32 Å². The van der Waals surface area contributed by atoms with Gasteiger partial charge < -0.3 is 5.32 Å². The molecular formula is C16H16ClFN2O3S. The maximum absolute atomic E-state index is 12.8. The normalized spacial score (nSPS) is 11.1. The highest BCUT2D eigenvalue weighted by molar-refractivity contribution is 7.92. The lowest BCUT2D eigenvalue weighted by Crippen LogP contribution is -2.26. The van der Waals surface area contributed by atoms with Crippen LogP contribution in [0.2, 0.25) is 5.02 Å². The van der Waals surface area contributed by atoms with Crippen LogP contribution in [0.25, 0.3) is 0 Å². The molecule has 0 saturated carbocycles. The fourth-order valence-corrected chi connectivity index (χ4v) is 2.86. The molecule has 0 saturated heterocycles. The number of halogens is 2. The van der Waals surface area contributed by atoms with E-state index in [9.17, 15) is 17.6 Å². The first kappa shape index (κ1) is 18.2. The molecule has 0 aromatic heterocycles. The molecule has 0 bridgehead atoms. The second kappa shape index (κ2) is 7.63. The molecule has 1 amide bonds. The number of hydrogen-bond acceptors (Lipinski definition) is 3. The van der Waals surface area contributed by atoms with Crippen LogP contribution in [0.15, 0.2) is 42.5 Å². The summed E-state index contributed by atoms with van der Waals surface area (Å²) in [5, 5.41) is 2.86. The van der Waals surface area contributed by atoms with Crippen molar-refractivity contribution in [1.29, 1.82) is 0 Å². The van der Waals surface area contributed by atoms with Gasteiger partial charge in [0.05, 0.1) is 16.8 Å². The van der Waals surface area contributed by atoms with Gasteiger partial charge in [0.2, 0.25) is 10.0 Å². The molecule has 0 aliphatic heterocycles. The number of sulfonamides is 1. The van der Waals surface area contributed by atoms with Crippen molar-refractivity contribution < 1.29 is 17.6 Å². The van der Waals surface area contributed by atoms with Gasteiger partial charge in [0.25, 0.3) is 5.91 Å². The zero-order valence-corrected chi connectivity index (χ0v) is 14.4. The Bertz CT molecular complexity index is 839. The molecule has 0 fully saturated rings. The van der Waals surface area contributed by atoms with Crippen molar-refractivity contribution in [3.63, 3.8) is 0 Å². The van der Waals surface area contributed by atoms with E-state index in [0.29, 0.717) is 13.0 Å². The average molecular weight is 371 g/mol. The molecule has 128 valence electrons. The van der Waals surface area contributed by atoms with Gasteiger partial charge in [-0.3, -0.25) is 9.52 Å². The summed E-state index contributed by atoms with van der Waals surface area (Å²) in [7, 11) is -3.41. The SMILES string of the molecule is CS(=O)(=O)Nc1ccc(C(=O)NCCc2ccc(F)cc2)c(Cl)c1. The number of nitrogens with one attached hydrogen (secondary N) is 2. The van der Waals surface area contributed by atoms with E-state index < -0.39 is 10.0 Å². The molecule has 24 heavy (non-hydrogen) atoms. The molecule has 2 aromatic rings. The summed E-state index contributed by atoms with van der Waals surface area (Å²) < 4.78 is 37.4. The standard InChI is InChI=1S/C16H16ClFN2O3S/c1-24(22,23)20-13-6-7-14(15(17)10-13)16(21)19-9-8-11-2-4-12(18)5-3-11/h2-7,10,20H,8-9H2,1H3,(H,19,21). The van der Waals surface area contributed by atoms with Gasteiger partial charge in [-0.1, -0.05) is 23.7 Å². The van der Waals surface area contributed by atoms with Gasteiger partial charge in [0.1, 0.15) is 5.82 Å². The molecule has 2 N–H and O–H groups in total. The maximum atomic E-state index is 12.8. The Morgan fingerprint density at radius 2 is 1.83 bits per heavy atom. The van der Waals surface area contributed by atoms with Crippen LogP contribution in [-0.2, 0) is 16.4 Å². The molecule has 0 radical (unpaired) electrons. The van der Waals surface area contributed by atoms with Gasteiger partial charge in [-0.05, 0) is 42.3 Å². The summed E-state index contributed by atoms with van der Waals surface area (Å²) in [5.74, 6) is -0.676. The smallest absolute Gasteiger partial charge is 0.252 e. The molecule has 0 atom stereocenters. The molecular weight excluding hydrogens is 355 g/mol. The van der Waals surface area contributed by atoms with Crippen molar-refractivity contribution in [3.05, 3.63) is 64.4 Å². The van der Waals surface area contributed by atoms with Gasteiger partial charge in [0.15, 0.2) is 0 Å². The number of carbonyl (C=O) groups is 1. The van der Waals surface area contributed by atoms with E-state index in [4.69, 9.17) is 11.6 Å². The van der Waals surface area contributed by atoms with Crippen LogP contribution in [0, 0.1) is 5.82 Å². The van der Waals surface area contributed by atoms with Crippen molar-refractivity contribution in [2.45, 2.75) is 6.42 Å². The van der Waals surface area contributed by atoms with Crippen molar-refractivity contribution in [2.24, 2.45) is 0 Å². The zero-order valence-electron chi connectivity index (χ0n) is 12.8. The van der Waals surface area contributed by atoms with Crippen LogP contribution in [0.1, 0.15) is 15.9 Å². The highest BCUT2D eigenvalue weighted by Gasteiger charge is 2.12. The number of rotatable bonds is 6. The lowest BCUT2D eigenvalue weighted by atomic mass is 10.1. The summed E-state index contributed by atoms with van der Waals surface area (Å²) >= 11 is 6.03. The Hall–Kier alpha value is -2.12. The molecule has 0 aliphatic rings. The Kier molecular flexibility index (Phi) is 5.80. The molecule has 8 heteroatoms. The van der Waals surface area contributed by atoms with Crippen molar-refractivity contribution >= 4 is 33.2 Å². The Morgan fingerprint density at radius 3 is 2.42 bits per heavy atom. The molecule has 2 rings (SSSR count). The first-order valence-corrected chi connectivity index (χ1v) is 9.31. The summed E-state index contributed by atoms with van der Waals surface area (Å²) in [4.78, 5) is 12.1. The van der Waals surface area contributed by atoms with E-state index in [1.165, 1.54) is 30.3 Å². The number of carbonyl (C=O) groups excluding carboxylic acids is 1. The van der Waals surface area contributed by atoms with Gasteiger partial charge in [0, 0.05) is 12.2 Å². The quantitative estimate of drug-likeness (QED) is 0.821.